The molecule has 0 aliphatic carbocycles. The minimum atomic E-state index is -1.13. The molecule has 0 saturated carbocycles. The lowest BCUT2D eigenvalue weighted by atomic mass is 9.97. The molecule has 0 amide bonds. The molecule has 1 aliphatic rings. The Hall–Kier alpha value is -0.490. The molecule has 0 radical (unpaired) electrons. The fourth-order valence-electron chi connectivity index (χ4n) is 1.06. The van der Waals surface area contributed by atoms with E-state index in [4.69, 9.17) is 15.9 Å². The van der Waals surface area contributed by atoms with Crippen LogP contribution in [0.15, 0.2) is 0 Å². The van der Waals surface area contributed by atoms with E-state index in [0.717, 1.165) is 0 Å². The molecular formula is C6H12N2O3. The number of nitrogens with two attached hydrogens (primary N) is 1. The van der Waals surface area contributed by atoms with Gasteiger partial charge >= 0.3 is 0 Å². The number of rotatable bonds is 1. The average molecular weight is 160 g/mol. The van der Waals surface area contributed by atoms with Gasteiger partial charge in [0.2, 0.25) is 0 Å². The number of ketones is 1. The van der Waals surface area contributed by atoms with Gasteiger partial charge in [-0.15, -0.1) is 0 Å². The molecule has 0 aromatic carbocycles. The number of carbonyl (C=O) groups is 1. The van der Waals surface area contributed by atoms with E-state index < -0.39 is 24.0 Å². The molecule has 3 atom stereocenters. The van der Waals surface area contributed by atoms with Gasteiger partial charge in [-0.05, 0) is 0 Å². The molecule has 1 heterocycles. The monoisotopic (exact) mass is 160 g/mol. The van der Waals surface area contributed by atoms with E-state index in [2.05, 4.69) is 5.32 Å². The van der Waals surface area contributed by atoms with E-state index in [0.29, 0.717) is 6.54 Å². The summed E-state index contributed by atoms with van der Waals surface area (Å²) in [4.78, 5) is 11.0. The quantitative estimate of drug-likeness (QED) is 0.332. The largest absolute Gasteiger partial charge is 0.394 e. The van der Waals surface area contributed by atoms with Crippen LogP contribution in [0, 0.1) is 0 Å². The van der Waals surface area contributed by atoms with Crippen molar-refractivity contribution in [3.8, 4) is 0 Å². The lowest BCUT2D eigenvalue weighted by molar-refractivity contribution is -0.133. The highest BCUT2D eigenvalue weighted by Crippen LogP contribution is 2.02. The second-order valence-corrected chi connectivity index (χ2v) is 2.65. The molecule has 1 fully saturated rings. The maximum atomic E-state index is 11.0. The first-order valence-corrected chi connectivity index (χ1v) is 3.48. The molecule has 1 saturated heterocycles. The molecule has 0 aromatic heterocycles. The van der Waals surface area contributed by atoms with Gasteiger partial charge in [-0.3, -0.25) is 4.79 Å². The van der Waals surface area contributed by atoms with Crippen molar-refractivity contribution < 1.29 is 15.0 Å². The smallest absolute Gasteiger partial charge is 0.182 e. The van der Waals surface area contributed by atoms with Gasteiger partial charge in [0.25, 0.3) is 0 Å². The van der Waals surface area contributed by atoms with Gasteiger partial charge in [0.1, 0.15) is 6.10 Å². The zero-order valence-corrected chi connectivity index (χ0v) is 6.03. The summed E-state index contributed by atoms with van der Waals surface area (Å²) < 4.78 is 0. The number of Topliss-reactive ketones (excluding diaryl/α,β-unsaturated/α-hetero) is 1. The average Bonchev–Trinajstić information content (AvgIpc) is 2.01. The topological polar surface area (TPSA) is 95.6 Å². The highest BCUT2D eigenvalue weighted by atomic mass is 16.3. The maximum absolute atomic E-state index is 11.0. The number of nitrogens with one attached hydrogen (secondary N) is 1. The van der Waals surface area contributed by atoms with Gasteiger partial charge in [0.15, 0.2) is 5.78 Å². The molecule has 0 spiro atoms. The molecule has 5 heteroatoms. The van der Waals surface area contributed by atoms with Crippen molar-refractivity contribution in [3.05, 3.63) is 0 Å². The number of hydrogen-bond acceptors (Lipinski definition) is 5. The maximum Gasteiger partial charge on any atom is 0.182 e. The SMILES string of the molecule is NC1CNC(CO)C(=O)C1O. The summed E-state index contributed by atoms with van der Waals surface area (Å²) in [6.07, 6.45) is -1.13. The van der Waals surface area contributed by atoms with Crippen molar-refractivity contribution in [1.82, 2.24) is 5.32 Å². The van der Waals surface area contributed by atoms with E-state index >= 15 is 0 Å². The minimum Gasteiger partial charge on any atom is -0.394 e. The van der Waals surface area contributed by atoms with E-state index in [1.54, 1.807) is 0 Å². The fraction of sp³-hybridized carbons (Fsp3) is 0.833. The Kier molecular flexibility index (Phi) is 2.56. The Morgan fingerprint density at radius 3 is 2.91 bits per heavy atom. The van der Waals surface area contributed by atoms with Crippen LogP contribution in [-0.2, 0) is 4.79 Å². The normalized spacial score (nSPS) is 39.2. The van der Waals surface area contributed by atoms with Crippen LogP contribution in [0.25, 0.3) is 0 Å². The van der Waals surface area contributed by atoms with Crippen molar-refractivity contribution in [2.24, 2.45) is 5.73 Å². The van der Waals surface area contributed by atoms with Crippen molar-refractivity contribution in [3.63, 3.8) is 0 Å². The van der Waals surface area contributed by atoms with Crippen LogP contribution in [0.2, 0.25) is 0 Å². The number of hydrogen-bond donors (Lipinski definition) is 4. The molecule has 0 bridgehead atoms. The van der Waals surface area contributed by atoms with Crippen LogP contribution < -0.4 is 11.1 Å². The highest BCUT2D eigenvalue weighted by molar-refractivity contribution is 5.89. The Bertz CT molecular complexity index is 158. The molecule has 0 aromatic rings. The molecule has 3 unspecified atom stereocenters. The predicted molar refractivity (Wildman–Crippen MR) is 37.9 cm³/mol. The fourth-order valence-corrected chi connectivity index (χ4v) is 1.06. The first-order valence-electron chi connectivity index (χ1n) is 3.48. The number of piperidine rings is 1. The van der Waals surface area contributed by atoms with Gasteiger partial charge in [-0.2, -0.15) is 0 Å². The van der Waals surface area contributed by atoms with E-state index in [-0.39, 0.29) is 6.61 Å². The van der Waals surface area contributed by atoms with Gasteiger partial charge in [-0.1, -0.05) is 0 Å². The highest BCUT2D eigenvalue weighted by Gasteiger charge is 2.33. The summed E-state index contributed by atoms with van der Waals surface area (Å²) in [5.74, 6) is -0.425. The van der Waals surface area contributed by atoms with Crippen LogP contribution in [0.4, 0.5) is 0 Å². The van der Waals surface area contributed by atoms with Gasteiger partial charge in [0, 0.05) is 6.54 Å². The summed E-state index contributed by atoms with van der Waals surface area (Å²) in [5.41, 5.74) is 5.37. The van der Waals surface area contributed by atoms with Crippen molar-refractivity contribution >= 4 is 5.78 Å². The van der Waals surface area contributed by atoms with E-state index in [1.165, 1.54) is 0 Å². The molecule has 11 heavy (non-hydrogen) atoms. The minimum absolute atomic E-state index is 0.289. The van der Waals surface area contributed by atoms with Crippen LogP contribution in [0.3, 0.4) is 0 Å². The van der Waals surface area contributed by atoms with Crippen molar-refractivity contribution in [2.45, 2.75) is 18.2 Å². The third-order valence-corrected chi connectivity index (χ3v) is 1.82. The van der Waals surface area contributed by atoms with Gasteiger partial charge in [0.05, 0.1) is 18.7 Å². The predicted octanol–water partition coefficient (Wildman–Crippen LogP) is -2.79. The number of aliphatic hydroxyl groups is 2. The van der Waals surface area contributed by atoms with Crippen LogP contribution in [0.5, 0.6) is 0 Å². The van der Waals surface area contributed by atoms with Crippen LogP contribution >= 0.6 is 0 Å². The Balaban J connectivity index is 2.59. The zero-order valence-electron chi connectivity index (χ0n) is 6.03. The summed E-state index contributed by atoms with van der Waals surface area (Å²) in [7, 11) is 0. The van der Waals surface area contributed by atoms with E-state index in [9.17, 15) is 4.79 Å². The van der Waals surface area contributed by atoms with E-state index in [1.807, 2.05) is 0 Å². The molecule has 64 valence electrons. The molecule has 1 aliphatic heterocycles. The molecule has 5 N–H and O–H groups in total. The first kappa shape index (κ1) is 8.61. The van der Waals surface area contributed by atoms with Crippen LogP contribution in [-0.4, -0.2) is 47.3 Å². The van der Waals surface area contributed by atoms with Gasteiger partial charge in [-0.25, -0.2) is 0 Å². The summed E-state index contributed by atoms with van der Waals surface area (Å²) in [6, 6.07) is -1.20. The van der Waals surface area contributed by atoms with Crippen LogP contribution in [0.1, 0.15) is 0 Å². The first-order chi connectivity index (χ1) is 5.16. The van der Waals surface area contributed by atoms with Crippen molar-refractivity contribution in [2.75, 3.05) is 13.2 Å². The lowest BCUT2D eigenvalue weighted by Crippen LogP contribution is -2.61. The summed E-state index contributed by atoms with van der Waals surface area (Å²) >= 11 is 0. The Morgan fingerprint density at radius 2 is 2.36 bits per heavy atom. The third kappa shape index (κ3) is 1.57. The second kappa shape index (κ2) is 3.27. The molecule has 5 nitrogen and oxygen atoms in total. The standard InChI is InChI=1S/C6H12N2O3/c7-3-1-8-4(2-9)6(11)5(3)10/h3-5,8-10H,1-2,7H2. The van der Waals surface area contributed by atoms with Gasteiger partial charge < -0.3 is 21.3 Å². The Morgan fingerprint density at radius 1 is 1.73 bits per heavy atom. The Labute approximate surface area is 64.2 Å². The zero-order chi connectivity index (χ0) is 8.43. The third-order valence-electron chi connectivity index (χ3n) is 1.82. The summed E-state index contributed by atoms with van der Waals surface area (Å²) in [5, 5.41) is 20.5. The van der Waals surface area contributed by atoms with Crippen molar-refractivity contribution in [1.29, 1.82) is 0 Å². The lowest BCUT2D eigenvalue weighted by Gasteiger charge is -2.29. The molecule has 1 rings (SSSR count). The number of carbonyl (C=O) groups excluding carboxylic acids is 1. The second-order valence-electron chi connectivity index (χ2n) is 2.65. The number of aliphatic hydroxyl groups excluding tert-OH is 2. The molecular weight excluding hydrogens is 148 g/mol. The summed E-state index contributed by atoms with van der Waals surface area (Å²) in [6.45, 7) is 0.0702.